The Balaban J connectivity index is 1.27. The van der Waals surface area contributed by atoms with Crippen LogP contribution >= 0.6 is 11.6 Å². The zero-order chi connectivity index (χ0) is 22.3. The van der Waals surface area contributed by atoms with E-state index in [1.165, 1.54) is 11.3 Å². The van der Waals surface area contributed by atoms with Crippen molar-refractivity contribution in [3.8, 4) is 0 Å². The van der Waals surface area contributed by atoms with Crippen molar-refractivity contribution in [2.45, 2.75) is 19.5 Å². The average molecular weight is 449 g/mol. The van der Waals surface area contributed by atoms with Gasteiger partial charge in [0, 0.05) is 44.1 Å². The lowest BCUT2D eigenvalue weighted by Gasteiger charge is -2.36. The van der Waals surface area contributed by atoms with E-state index in [9.17, 15) is 4.79 Å². The normalized spacial score (nSPS) is 15.2. The number of para-hydroxylation sites is 1. The Labute approximate surface area is 195 Å². The second-order valence-corrected chi connectivity index (χ2v) is 8.54. The molecule has 1 heterocycles. The summed E-state index contributed by atoms with van der Waals surface area (Å²) in [4.78, 5) is 17.4. The Kier molecular flexibility index (Phi) is 7.30. The molecule has 166 valence electrons. The molecule has 1 unspecified atom stereocenters. The van der Waals surface area contributed by atoms with Crippen LogP contribution in [0.3, 0.4) is 0 Å². The molecule has 5 nitrogen and oxygen atoms in total. The number of rotatable bonds is 7. The van der Waals surface area contributed by atoms with E-state index in [0.717, 1.165) is 38.4 Å². The summed E-state index contributed by atoms with van der Waals surface area (Å²) in [6.07, 6.45) is 0. The van der Waals surface area contributed by atoms with Crippen LogP contribution in [-0.2, 0) is 11.3 Å². The topological polar surface area (TPSA) is 47.6 Å². The Morgan fingerprint density at radius 2 is 1.56 bits per heavy atom. The van der Waals surface area contributed by atoms with Gasteiger partial charge in [0.05, 0.1) is 10.7 Å². The molecular weight excluding hydrogens is 420 g/mol. The fourth-order valence-corrected chi connectivity index (χ4v) is 4.08. The molecule has 2 N–H and O–H groups in total. The molecule has 0 aliphatic carbocycles. The summed E-state index contributed by atoms with van der Waals surface area (Å²) in [6.45, 7) is 6.96. The Bertz CT molecular complexity index is 1020. The number of anilines is 3. The highest BCUT2D eigenvalue weighted by Crippen LogP contribution is 2.22. The van der Waals surface area contributed by atoms with E-state index < -0.39 is 6.04 Å². The molecule has 1 aliphatic heterocycles. The molecule has 1 amide bonds. The zero-order valence-corrected chi connectivity index (χ0v) is 19.1. The molecule has 1 saturated heterocycles. The van der Waals surface area contributed by atoms with Gasteiger partial charge in [-0.2, -0.15) is 0 Å². The fourth-order valence-electron chi connectivity index (χ4n) is 3.89. The van der Waals surface area contributed by atoms with Gasteiger partial charge in [-0.15, -0.1) is 0 Å². The van der Waals surface area contributed by atoms with Gasteiger partial charge >= 0.3 is 0 Å². The van der Waals surface area contributed by atoms with Gasteiger partial charge in [-0.05, 0) is 48.9 Å². The van der Waals surface area contributed by atoms with Gasteiger partial charge in [0.15, 0.2) is 0 Å². The molecular formula is C26H29ClN4O. The highest BCUT2D eigenvalue weighted by molar-refractivity contribution is 6.33. The van der Waals surface area contributed by atoms with Gasteiger partial charge in [-0.3, -0.25) is 9.69 Å². The largest absolute Gasteiger partial charge is 0.374 e. The molecule has 3 aromatic rings. The highest BCUT2D eigenvalue weighted by Gasteiger charge is 2.18. The van der Waals surface area contributed by atoms with Crippen LogP contribution in [0.25, 0.3) is 0 Å². The molecule has 0 saturated carbocycles. The van der Waals surface area contributed by atoms with Gasteiger partial charge in [-0.1, -0.05) is 54.1 Å². The van der Waals surface area contributed by atoms with Crippen LogP contribution in [0, 0.1) is 0 Å². The maximum atomic E-state index is 12.5. The van der Waals surface area contributed by atoms with Crippen molar-refractivity contribution in [3.63, 3.8) is 0 Å². The van der Waals surface area contributed by atoms with Gasteiger partial charge in [0.1, 0.15) is 6.04 Å². The van der Waals surface area contributed by atoms with Gasteiger partial charge in [-0.25, -0.2) is 0 Å². The van der Waals surface area contributed by atoms with Crippen molar-refractivity contribution in [1.82, 2.24) is 4.90 Å². The van der Waals surface area contributed by atoms with E-state index >= 15 is 0 Å². The van der Waals surface area contributed by atoms with Crippen LogP contribution in [0.2, 0.25) is 5.02 Å². The number of halogens is 1. The number of carbonyl (C=O) groups excluding carboxylic acids is 1. The minimum Gasteiger partial charge on any atom is -0.374 e. The molecule has 6 heteroatoms. The number of hydrogen-bond acceptors (Lipinski definition) is 4. The minimum absolute atomic E-state index is 0.128. The van der Waals surface area contributed by atoms with Crippen LogP contribution in [-0.4, -0.2) is 43.0 Å². The van der Waals surface area contributed by atoms with Gasteiger partial charge in [0.2, 0.25) is 5.91 Å². The molecule has 4 rings (SSSR count). The summed E-state index contributed by atoms with van der Waals surface area (Å²) in [5.74, 6) is -0.128. The van der Waals surface area contributed by atoms with Crippen molar-refractivity contribution in [1.29, 1.82) is 0 Å². The maximum Gasteiger partial charge on any atom is 0.246 e. The highest BCUT2D eigenvalue weighted by atomic mass is 35.5. The molecule has 0 radical (unpaired) electrons. The third kappa shape index (κ3) is 5.81. The van der Waals surface area contributed by atoms with E-state index in [0.29, 0.717) is 10.7 Å². The fraction of sp³-hybridized carbons (Fsp3) is 0.269. The Morgan fingerprint density at radius 1 is 0.906 bits per heavy atom. The van der Waals surface area contributed by atoms with Crippen molar-refractivity contribution < 1.29 is 4.79 Å². The quantitative estimate of drug-likeness (QED) is 0.527. The van der Waals surface area contributed by atoms with Gasteiger partial charge in [0.25, 0.3) is 0 Å². The standard InChI is InChI=1S/C26H29ClN4O/c1-20(26(32)29-25-10-6-5-9-24(25)27)28-22-11-13-23(14-12-22)31-17-15-30(16-18-31)19-21-7-3-2-4-8-21/h2-14,20,28H,15-19H2,1H3,(H,29,32). The van der Waals surface area contributed by atoms with Crippen LogP contribution in [0.4, 0.5) is 17.1 Å². The van der Waals surface area contributed by atoms with E-state index in [1.807, 2.05) is 31.2 Å². The molecule has 3 aromatic carbocycles. The molecule has 1 fully saturated rings. The molecule has 32 heavy (non-hydrogen) atoms. The number of nitrogens with zero attached hydrogens (tertiary/aromatic N) is 2. The van der Waals surface area contributed by atoms with Crippen LogP contribution in [0.5, 0.6) is 0 Å². The first-order valence-corrected chi connectivity index (χ1v) is 11.4. The Hall–Kier alpha value is -3.02. The zero-order valence-electron chi connectivity index (χ0n) is 18.3. The average Bonchev–Trinajstić information content (AvgIpc) is 2.82. The lowest BCUT2D eigenvalue weighted by atomic mass is 10.2. The minimum atomic E-state index is -0.390. The summed E-state index contributed by atoms with van der Waals surface area (Å²) in [5, 5.41) is 6.66. The van der Waals surface area contributed by atoms with Crippen molar-refractivity contribution >= 4 is 34.6 Å². The van der Waals surface area contributed by atoms with Crippen molar-refractivity contribution in [2.24, 2.45) is 0 Å². The molecule has 1 atom stereocenters. The summed E-state index contributed by atoms with van der Waals surface area (Å²) >= 11 is 6.13. The van der Waals surface area contributed by atoms with Crippen LogP contribution in [0.1, 0.15) is 12.5 Å². The maximum absolute atomic E-state index is 12.5. The summed E-state index contributed by atoms with van der Waals surface area (Å²) in [7, 11) is 0. The first-order chi connectivity index (χ1) is 15.6. The molecule has 0 bridgehead atoms. The van der Waals surface area contributed by atoms with E-state index in [2.05, 4.69) is 62.9 Å². The SMILES string of the molecule is CC(Nc1ccc(N2CCN(Cc3ccccc3)CC2)cc1)C(=O)Nc1ccccc1Cl. The number of piperazine rings is 1. The number of benzene rings is 3. The van der Waals surface area contributed by atoms with Gasteiger partial charge < -0.3 is 15.5 Å². The summed E-state index contributed by atoms with van der Waals surface area (Å²) in [6, 6.07) is 25.8. The van der Waals surface area contributed by atoms with Crippen LogP contribution < -0.4 is 15.5 Å². The molecule has 1 aliphatic rings. The number of carbonyl (C=O) groups is 1. The second kappa shape index (κ2) is 10.5. The summed E-state index contributed by atoms with van der Waals surface area (Å²) < 4.78 is 0. The molecule has 0 aromatic heterocycles. The Morgan fingerprint density at radius 3 is 2.25 bits per heavy atom. The van der Waals surface area contributed by atoms with E-state index in [4.69, 9.17) is 11.6 Å². The third-order valence-electron chi connectivity index (χ3n) is 5.76. The number of hydrogen-bond donors (Lipinski definition) is 2. The third-order valence-corrected chi connectivity index (χ3v) is 6.09. The molecule has 0 spiro atoms. The first-order valence-electron chi connectivity index (χ1n) is 11.0. The van der Waals surface area contributed by atoms with E-state index in [1.54, 1.807) is 12.1 Å². The number of amides is 1. The van der Waals surface area contributed by atoms with E-state index in [-0.39, 0.29) is 5.91 Å². The predicted molar refractivity (Wildman–Crippen MR) is 134 cm³/mol. The first kappa shape index (κ1) is 22.2. The van der Waals surface area contributed by atoms with Crippen LogP contribution in [0.15, 0.2) is 78.9 Å². The van der Waals surface area contributed by atoms with Crippen molar-refractivity contribution in [3.05, 3.63) is 89.4 Å². The number of nitrogens with one attached hydrogen (secondary N) is 2. The monoisotopic (exact) mass is 448 g/mol. The lowest BCUT2D eigenvalue weighted by Crippen LogP contribution is -2.45. The smallest absolute Gasteiger partial charge is 0.246 e. The summed E-state index contributed by atoms with van der Waals surface area (Å²) in [5.41, 5.74) is 4.11. The lowest BCUT2D eigenvalue weighted by molar-refractivity contribution is -0.116. The predicted octanol–water partition coefficient (Wildman–Crippen LogP) is 5.10. The second-order valence-electron chi connectivity index (χ2n) is 8.13. The van der Waals surface area contributed by atoms with Crippen molar-refractivity contribution in [2.75, 3.05) is 41.7 Å².